The highest BCUT2D eigenvalue weighted by Gasteiger charge is 2.39. The zero-order valence-corrected chi connectivity index (χ0v) is 9.47. The van der Waals surface area contributed by atoms with Crippen molar-refractivity contribution in [2.45, 2.75) is 24.7 Å². The Morgan fingerprint density at radius 2 is 2.33 bits per heavy atom. The van der Waals surface area contributed by atoms with Crippen molar-refractivity contribution < 1.29 is 14.6 Å². The molecule has 0 unspecified atom stereocenters. The first-order valence-electron chi connectivity index (χ1n) is 5.01. The van der Waals surface area contributed by atoms with Gasteiger partial charge < -0.3 is 9.84 Å². The average Bonchev–Trinajstić information content (AvgIpc) is 2.65. The van der Waals surface area contributed by atoms with Crippen LogP contribution in [0.4, 0.5) is 0 Å². The molecule has 1 heterocycles. The largest absolute Gasteiger partial charge is 0.465 e. The quantitative estimate of drug-likeness (QED) is 0.801. The van der Waals surface area contributed by atoms with Gasteiger partial charge in [0.05, 0.1) is 13.7 Å². The standard InChI is InChI=1S/C11H14O3S/c1-14-10(13)8-3-4-9(15-8)11(7-12)5-2-6-11/h3-4,12H,2,5-7H2,1H3. The molecule has 1 saturated carbocycles. The van der Waals surface area contributed by atoms with E-state index in [9.17, 15) is 9.90 Å². The van der Waals surface area contributed by atoms with Gasteiger partial charge in [-0.25, -0.2) is 4.79 Å². The fourth-order valence-corrected chi connectivity index (χ4v) is 3.08. The first-order valence-corrected chi connectivity index (χ1v) is 5.83. The van der Waals surface area contributed by atoms with Gasteiger partial charge in [0, 0.05) is 10.3 Å². The molecular formula is C11H14O3S. The number of thiophene rings is 1. The summed E-state index contributed by atoms with van der Waals surface area (Å²) in [4.78, 5) is 13.0. The molecule has 2 rings (SSSR count). The first-order chi connectivity index (χ1) is 7.22. The van der Waals surface area contributed by atoms with Gasteiger partial charge in [0.15, 0.2) is 0 Å². The molecule has 3 nitrogen and oxygen atoms in total. The van der Waals surface area contributed by atoms with Crippen LogP contribution in [0.25, 0.3) is 0 Å². The molecule has 0 spiro atoms. The van der Waals surface area contributed by atoms with Crippen molar-refractivity contribution in [2.75, 3.05) is 13.7 Å². The number of ether oxygens (including phenoxy) is 1. The van der Waals surface area contributed by atoms with Gasteiger partial charge in [0.25, 0.3) is 0 Å². The second kappa shape index (κ2) is 3.94. The van der Waals surface area contributed by atoms with E-state index in [4.69, 9.17) is 0 Å². The van der Waals surface area contributed by atoms with Crippen LogP contribution in [-0.4, -0.2) is 24.8 Å². The minimum absolute atomic E-state index is 0.0725. The third-order valence-electron chi connectivity index (χ3n) is 3.13. The number of hydrogen-bond donors (Lipinski definition) is 1. The van der Waals surface area contributed by atoms with E-state index in [0.717, 1.165) is 24.1 Å². The highest BCUT2D eigenvalue weighted by Crippen LogP contribution is 2.45. The van der Waals surface area contributed by atoms with E-state index in [1.807, 2.05) is 6.07 Å². The van der Waals surface area contributed by atoms with Crippen molar-refractivity contribution in [3.63, 3.8) is 0 Å². The summed E-state index contributed by atoms with van der Waals surface area (Å²) in [7, 11) is 1.38. The molecule has 0 aromatic carbocycles. The summed E-state index contributed by atoms with van der Waals surface area (Å²) in [6.45, 7) is 0.175. The number of methoxy groups -OCH3 is 1. The maximum absolute atomic E-state index is 11.3. The van der Waals surface area contributed by atoms with Crippen LogP contribution < -0.4 is 0 Å². The predicted molar refractivity (Wildman–Crippen MR) is 58.3 cm³/mol. The fourth-order valence-electron chi connectivity index (χ4n) is 1.92. The Bertz CT molecular complexity index is 360. The first kappa shape index (κ1) is 10.6. The molecule has 82 valence electrons. The minimum Gasteiger partial charge on any atom is -0.465 e. The summed E-state index contributed by atoms with van der Waals surface area (Å²) in [6, 6.07) is 3.72. The van der Waals surface area contributed by atoms with Gasteiger partial charge in [-0.05, 0) is 25.0 Å². The molecule has 0 amide bonds. The molecule has 1 aromatic heterocycles. The Morgan fingerprint density at radius 3 is 2.80 bits per heavy atom. The van der Waals surface area contributed by atoms with E-state index >= 15 is 0 Å². The van der Waals surface area contributed by atoms with Crippen molar-refractivity contribution in [1.29, 1.82) is 0 Å². The number of hydrogen-bond acceptors (Lipinski definition) is 4. The summed E-state index contributed by atoms with van der Waals surface area (Å²) in [5, 5.41) is 9.39. The minimum atomic E-state index is -0.293. The molecule has 1 aromatic rings. The molecule has 15 heavy (non-hydrogen) atoms. The van der Waals surface area contributed by atoms with Gasteiger partial charge in [-0.1, -0.05) is 6.42 Å². The van der Waals surface area contributed by atoms with Crippen LogP contribution >= 0.6 is 11.3 Å². The lowest BCUT2D eigenvalue weighted by molar-refractivity contribution is 0.0606. The second-order valence-corrected chi connectivity index (χ2v) is 5.03. The summed E-state index contributed by atoms with van der Waals surface area (Å²) in [6.07, 6.45) is 3.20. The van der Waals surface area contributed by atoms with Gasteiger partial charge in [-0.2, -0.15) is 0 Å². The highest BCUT2D eigenvalue weighted by molar-refractivity contribution is 7.14. The second-order valence-electron chi connectivity index (χ2n) is 3.95. The number of esters is 1. The van der Waals surface area contributed by atoms with Crippen molar-refractivity contribution in [3.8, 4) is 0 Å². The molecule has 0 bridgehead atoms. The number of carbonyl (C=O) groups excluding carboxylic acids is 1. The Labute approximate surface area is 92.7 Å². The molecule has 0 saturated heterocycles. The maximum Gasteiger partial charge on any atom is 0.348 e. The maximum atomic E-state index is 11.3. The number of aliphatic hydroxyl groups is 1. The van der Waals surface area contributed by atoms with Gasteiger partial charge in [-0.15, -0.1) is 11.3 Å². The average molecular weight is 226 g/mol. The molecule has 1 aliphatic rings. The molecule has 1 N–H and O–H groups in total. The Hall–Kier alpha value is -0.870. The van der Waals surface area contributed by atoms with E-state index in [0.29, 0.717) is 4.88 Å². The fraction of sp³-hybridized carbons (Fsp3) is 0.545. The van der Waals surface area contributed by atoms with Crippen LogP contribution in [-0.2, 0) is 10.2 Å². The molecule has 0 radical (unpaired) electrons. The van der Waals surface area contributed by atoms with E-state index in [-0.39, 0.29) is 18.0 Å². The summed E-state index contributed by atoms with van der Waals surface area (Å²) in [5.41, 5.74) is -0.0725. The van der Waals surface area contributed by atoms with E-state index in [1.54, 1.807) is 6.07 Å². The highest BCUT2D eigenvalue weighted by atomic mass is 32.1. The van der Waals surface area contributed by atoms with Crippen molar-refractivity contribution in [2.24, 2.45) is 0 Å². The summed E-state index contributed by atoms with van der Waals surface area (Å²) >= 11 is 1.44. The Morgan fingerprint density at radius 1 is 1.60 bits per heavy atom. The SMILES string of the molecule is COC(=O)c1ccc(C2(CO)CCC2)s1. The van der Waals surface area contributed by atoms with Crippen LogP contribution in [0, 0.1) is 0 Å². The molecule has 0 atom stereocenters. The third kappa shape index (κ3) is 1.68. The molecule has 1 aliphatic carbocycles. The normalized spacial score (nSPS) is 18.3. The summed E-state index contributed by atoms with van der Waals surface area (Å²) < 4.78 is 4.66. The van der Waals surface area contributed by atoms with E-state index < -0.39 is 0 Å². The lowest BCUT2D eigenvalue weighted by Crippen LogP contribution is -2.36. The zero-order chi connectivity index (χ0) is 10.9. The van der Waals surface area contributed by atoms with Crippen LogP contribution in [0.3, 0.4) is 0 Å². The third-order valence-corrected chi connectivity index (χ3v) is 4.44. The van der Waals surface area contributed by atoms with Gasteiger partial charge in [0.1, 0.15) is 4.88 Å². The Balaban J connectivity index is 2.23. The summed E-state index contributed by atoms with van der Waals surface area (Å²) in [5.74, 6) is -0.293. The van der Waals surface area contributed by atoms with Gasteiger partial charge >= 0.3 is 5.97 Å². The Kier molecular flexibility index (Phi) is 2.80. The predicted octanol–water partition coefficient (Wildman–Crippen LogP) is 1.95. The lowest BCUT2D eigenvalue weighted by Gasteiger charge is -2.39. The van der Waals surface area contributed by atoms with E-state index in [1.165, 1.54) is 18.4 Å². The molecular weight excluding hydrogens is 212 g/mol. The van der Waals surface area contributed by atoms with Crippen LogP contribution in [0.15, 0.2) is 12.1 Å². The van der Waals surface area contributed by atoms with Gasteiger partial charge in [-0.3, -0.25) is 0 Å². The topological polar surface area (TPSA) is 46.5 Å². The smallest absolute Gasteiger partial charge is 0.348 e. The number of carbonyl (C=O) groups is 1. The van der Waals surface area contributed by atoms with Crippen LogP contribution in [0.2, 0.25) is 0 Å². The number of aliphatic hydroxyl groups excluding tert-OH is 1. The van der Waals surface area contributed by atoms with Crippen LogP contribution in [0.5, 0.6) is 0 Å². The van der Waals surface area contributed by atoms with Crippen LogP contribution in [0.1, 0.15) is 33.8 Å². The molecule has 1 fully saturated rings. The lowest BCUT2D eigenvalue weighted by atomic mass is 9.68. The van der Waals surface area contributed by atoms with Crippen molar-refractivity contribution in [1.82, 2.24) is 0 Å². The van der Waals surface area contributed by atoms with Crippen molar-refractivity contribution >= 4 is 17.3 Å². The molecule has 0 aliphatic heterocycles. The monoisotopic (exact) mass is 226 g/mol. The number of rotatable bonds is 3. The van der Waals surface area contributed by atoms with Gasteiger partial charge in [0.2, 0.25) is 0 Å². The van der Waals surface area contributed by atoms with E-state index in [2.05, 4.69) is 4.74 Å². The van der Waals surface area contributed by atoms with Crippen molar-refractivity contribution in [3.05, 3.63) is 21.9 Å². The molecule has 4 heteroatoms. The zero-order valence-electron chi connectivity index (χ0n) is 8.66.